The minimum atomic E-state index is -0.248. The molecule has 0 aliphatic heterocycles. The number of pyridine rings is 1. The molecule has 1 amide bonds. The van der Waals surface area contributed by atoms with Crippen LogP contribution in [0.5, 0.6) is 5.75 Å². The summed E-state index contributed by atoms with van der Waals surface area (Å²) in [5.41, 5.74) is 4.45. The van der Waals surface area contributed by atoms with Crippen LogP contribution in [0.2, 0.25) is 0 Å². The van der Waals surface area contributed by atoms with E-state index >= 15 is 0 Å². The van der Waals surface area contributed by atoms with Crippen LogP contribution in [0.3, 0.4) is 0 Å². The minimum Gasteiger partial charge on any atom is -0.493 e. The Bertz CT molecular complexity index is 1450. The van der Waals surface area contributed by atoms with Crippen LogP contribution < -0.4 is 4.74 Å². The Balaban J connectivity index is 1.29. The average Bonchev–Trinajstić information content (AvgIpc) is 3.50. The second-order valence-corrected chi connectivity index (χ2v) is 8.89. The lowest BCUT2D eigenvalue weighted by atomic mass is 10.1. The van der Waals surface area contributed by atoms with Crippen molar-refractivity contribution in [2.75, 3.05) is 6.61 Å². The van der Waals surface area contributed by atoms with E-state index in [1.807, 2.05) is 77.8 Å². The maximum absolute atomic E-state index is 13.6. The van der Waals surface area contributed by atoms with Gasteiger partial charge in [0, 0.05) is 49.9 Å². The molecule has 5 aromatic rings. The standard InChI is InChI=1S/C31H27FN4O2/c32-28-9-5-24(6-10-28)15-20-38-30-4-1-3-26(21-30)23-35(22-25-13-17-33-18-14-25)31(37)27-7-11-29(12-8-27)36-19-2-16-34-36/h1-14,16-19,21H,15,20,22-23H2. The molecule has 2 heterocycles. The van der Waals surface area contributed by atoms with Crippen molar-refractivity contribution in [2.24, 2.45) is 0 Å². The van der Waals surface area contributed by atoms with Crippen molar-refractivity contribution in [2.45, 2.75) is 19.5 Å². The van der Waals surface area contributed by atoms with Crippen LogP contribution >= 0.6 is 0 Å². The predicted molar refractivity (Wildman–Crippen MR) is 143 cm³/mol. The molecule has 3 aromatic carbocycles. The van der Waals surface area contributed by atoms with E-state index in [2.05, 4.69) is 10.1 Å². The molecule has 0 unspecified atom stereocenters. The van der Waals surface area contributed by atoms with E-state index in [1.54, 1.807) is 35.4 Å². The third-order valence-electron chi connectivity index (χ3n) is 6.14. The number of nitrogens with zero attached hydrogens (tertiary/aromatic N) is 4. The van der Waals surface area contributed by atoms with Crippen molar-refractivity contribution in [3.8, 4) is 11.4 Å². The molecule has 7 heteroatoms. The highest BCUT2D eigenvalue weighted by atomic mass is 19.1. The maximum Gasteiger partial charge on any atom is 0.254 e. The molecule has 0 fully saturated rings. The number of carbonyl (C=O) groups is 1. The SMILES string of the molecule is O=C(c1ccc(-n2cccn2)cc1)N(Cc1ccncc1)Cc1cccc(OCCc2ccc(F)cc2)c1. The molecule has 0 saturated carbocycles. The largest absolute Gasteiger partial charge is 0.493 e. The van der Waals surface area contributed by atoms with Gasteiger partial charge in [-0.3, -0.25) is 9.78 Å². The lowest BCUT2D eigenvalue weighted by Crippen LogP contribution is -2.30. The topological polar surface area (TPSA) is 60.2 Å². The number of benzene rings is 3. The van der Waals surface area contributed by atoms with Crippen molar-refractivity contribution in [3.63, 3.8) is 0 Å². The Morgan fingerprint density at radius 1 is 0.816 bits per heavy atom. The van der Waals surface area contributed by atoms with Crippen molar-refractivity contribution < 1.29 is 13.9 Å². The summed E-state index contributed by atoms with van der Waals surface area (Å²) in [6.45, 7) is 1.33. The quantitative estimate of drug-likeness (QED) is 0.238. The summed E-state index contributed by atoms with van der Waals surface area (Å²) in [6.07, 6.45) is 7.71. The molecule has 0 atom stereocenters. The first kappa shape index (κ1) is 24.9. The maximum atomic E-state index is 13.6. The summed E-state index contributed by atoms with van der Waals surface area (Å²) in [5.74, 6) is 0.406. The van der Waals surface area contributed by atoms with Gasteiger partial charge in [0.2, 0.25) is 0 Å². The van der Waals surface area contributed by atoms with E-state index in [0.29, 0.717) is 31.7 Å². The van der Waals surface area contributed by atoms with Gasteiger partial charge in [0.25, 0.3) is 5.91 Å². The second-order valence-electron chi connectivity index (χ2n) is 8.89. The van der Waals surface area contributed by atoms with Crippen LogP contribution in [0, 0.1) is 5.82 Å². The third kappa shape index (κ3) is 6.50. The second kappa shape index (κ2) is 12.0. The normalized spacial score (nSPS) is 10.8. The first-order valence-corrected chi connectivity index (χ1v) is 12.4. The molecule has 0 saturated heterocycles. The van der Waals surface area contributed by atoms with E-state index in [-0.39, 0.29) is 11.7 Å². The zero-order valence-corrected chi connectivity index (χ0v) is 20.8. The van der Waals surface area contributed by atoms with Gasteiger partial charge in [-0.05, 0) is 83.4 Å². The molecule has 38 heavy (non-hydrogen) atoms. The summed E-state index contributed by atoms with van der Waals surface area (Å²) >= 11 is 0. The fraction of sp³-hybridized carbons (Fsp3) is 0.129. The van der Waals surface area contributed by atoms with Crippen molar-refractivity contribution in [1.29, 1.82) is 0 Å². The molecule has 0 radical (unpaired) electrons. The molecule has 0 aliphatic carbocycles. The molecule has 2 aromatic heterocycles. The highest BCUT2D eigenvalue weighted by Gasteiger charge is 2.17. The monoisotopic (exact) mass is 506 g/mol. The zero-order valence-electron chi connectivity index (χ0n) is 20.8. The molecular formula is C31H27FN4O2. The summed E-state index contributed by atoms with van der Waals surface area (Å²) in [6, 6.07) is 27.3. The number of hydrogen-bond donors (Lipinski definition) is 0. The first-order chi connectivity index (χ1) is 18.6. The van der Waals surface area contributed by atoms with Gasteiger partial charge in [0.15, 0.2) is 0 Å². The number of amides is 1. The fourth-order valence-electron chi connectivity index (χ4n) is 4.16. The van der Waals surface area contributed by atoms with Crippen LogP contribution in [0.15, 0.2) is 116 Å². The van der Waals surface area contributed by atoms with E-state index in [0.717, 1.165) is 28.1 Å². The molecule has 0 aliphatic rings. The number of hydrogen-bond acceptors (Lipinski definition) is 4. The van der Waals surface area contributed by atoms with Gasteiger partial charge < -0.3 is 9.64 Å². The molecule has 6 nitrogen and oxygen atoms in total. The molecule has 0 bridgehead atoms. The highest BCUT2D eigenvalue weighted by molar-refractivity contribution is 5.94. The Morgan fingerprint density at radius 3 is 2.32 bits per heavy atom. The van der Waals surface area contributed by atoms with Gasteiger partial charge in [0.1, 0.15) is 11.6 Å². The predicted octanol–water partition coefficient (Wildman–Crippen LogP) is 5.87. The van der Waals surface area contributed by atoms with Gasteiger partial charge in [-0.2, -0.15) is 5.10 Å². The summed E-state index contributed by atoms with van der Waals surface area (Å²) in [7, 11) is 0. The smallest absolute Gasteiger partial charge is 0.254 e. The molecule has 0 N–H and O–H groups in total. The molecule has 5 rings (SSSR count). The Morgan fingerprint density at radius 2 is 1.58 bits per heavy atom. The zero-order chi connectivity index (χ0) is 26.2. The van der Waals surface area contributed by atoms with Crippen LogP contribution in [-0.4, -0.2) is 32.2 Å². The average molecular weight is 507 g/mol. The lowest BCUT2D eigenvalue weighted by molar-refractivity contribution is 0.0730. The molecule has 190 valence electrons. The summed E-state index contributed by atoms with van der Waals surface area (Å²) in [4.78, 5) is 19.5. The number of aromatic nitrogens is 3. The van der Waals surface area contributed by atoms with Gasteiger partial charge in [-0.15, -0.1) is 0 Å². The van der Waals surface area contributed by atoms with Crippen LogP contribution in [-0.2, 0) is 19.5 Å². The van der Waals surface area contributed by atoms with Crippen molar-refractivity contribution in [1.82, 2.24) is 19.7 Å². The van der Waals surface area contributed by atoms with Gasteiger partial charge in [0.05, 0.1) is 12.3 Å². The minimum absolute atomic E-state index is 0.0727. The number of rotatable bonds is 10. The molecule has 0 spiro atoms. The molecular weight excluding hydrogens is 479 g/mol. The van der Waals surface area contributed by atoms with Crippen molar-refractivity contribution >= 4 is 5.91 Å². The summed E-state index contributed by atoms with van der Waals surface area (Å²) in [5, 5.41) is 4.25. The Labute approximate surface area is 221 Å². The van der Waals surface area contributed by atoms with Crippen LogP contribution in [0.25, 0.3) is 5.69 Å². The Kier molecular flexibility index (Phi) is 7.84. The van der Waals surface area contributed by atoms with Crippen LogP contribution in [0.4, 0.5) is 4.39 Å². The van der Waals surface area contributed by atoms with E-state index in [1.165, 1.54) is 12.1 Å². The summed E-state index contributed by atoms with van der Waals surface area (Å²) < 4.78 is 20.9. The number of ether oxygens (including phenoxy) is 1. The fourth-order valence-corrected chi connectivity index (χ4v) is 4.16. The highest BCUT2D eigenvalue weighted by Crippen LogP contribution is 2.19. The van der Waals surface area contributed by atoms with E-state index in [4.69, 9.17) is 4.74 Å². The number of halogens is 1. The van der Waals surface area contributed by atoms with E-state index < -0.39 is 0 Å². The first-order valence-electron chi connectivity index (χ1n) is 12.4. The lowest BCUT2D eigenvalue weighted by Gasteiger charge is -2.23. The van der Waals surface area contributed by atoms with Crippen molar-refractivity contribution in [3.05, 3.63) is 144 Å². The number of carbonyl (C=O) groups excluding carboxylic acids is 1. The van der Waals surface area contributed by atoms with Gasteiger partial charge in [-0.1, -0.05) is 24.3 Å². The third-order valence-corrected chi connectivity index (χ3v) is 6.14. The van der Waals surface area contributed by atoms with E-state index in [9.17, 15) is 9.18 Å². The van der Waals surface area contributed by atoms with Crippen LogP contribution in [0.1, 0.15) is 27.0 Å². The van der Waals surface area contributed by atoms with Gasteiger partial charge in [-0.25, -0.2) is 9.07 Å². The van der Waals surface area contributed by atoms with Gasteiger partial charge >= 0.3 is 0 Å². The Hall–Kier alpha value is -4.78.